The zero-order chi connectivity index (χ0) is 11.4. The van der Waals surface area contributed by atoms with Gasteiger partial charge in [-0.25, -0.2) is 9.59 Å². The molecule has 5 nitrogen and oxygen atoms in total. The highest BCUT2D eigenvalue weighted by atomic mass is 16.6. The van der Waals surface area contributed by atoms with Crippen molar-refractivity contribution in [1.82, 2.24) is 5.16 Å². The molecule has 0 radical (unpaired) electrons. The van der Waals surface area contributed by atoms with E-state index in [1.54, 1.807) is 30.3 Å². The molecule has 0 atom stereocenters. The van der Waals surface area contributed by atoms with Gasteiger partial charge in [0.2, 0.25) is 0 Å². The fourth-order valence-electron chi connectivity index (χ4n) is 1.09. The third-order valence-corrected chi connectivity index (χ3v) is 1.84. The quantitative estimate of drug-likeness (QED) is 0.565. The van der Waals surface area contributed by atoms with Crippen LogP contribution in [0.1, 0.15) is 20.8 Å². The Balaban J connectivity index is 2.06. The summed E-state index contributed by atoms with van der Waals surface area (Å²) in [6.07, 6.45) is 1.23. The van der Waals surface area contributed by atoms with Gasteiger partial charge in [0.25, 0.3) is 0 Å². The lowest BCUT2D eigenvalue weighted by Crippen LogP contribution is -2.12. The number of carbonyl (C=O) groups excluding carboxylic acids is 2. The highest BCUT2D eigenvalue weighted by Gasteiger charge is 2.16. The summed E-state index contributed by atoms with van der Waals surface area (Å²) in [5.41, 5.74) is 0.267. The Morgan fingerprint density at radius 2 is 1.81 bits per heavy atom. The summed E-state index contributed by atoms with van der Waals surface area (Å²) in [6, 6.07) is 9.54. The Bertz CT molecular complexity index is 490. The monoisotopic (exact) mass is 217 g/mol. The minimum absolute atomic E-state index is 0.0377. The number of ether oxygens (including phenoxy) is 1. The number of hydrogen-bond donors (Lipinski definition) is 0. The molecule has 0 fully saturated rings. The van der Waals surface area contributed by atoms with Gasteiger partial charge in [0, 0.05) is 6.07 Å². The van der Waals surface area contributed by atoms with Crippen molar-refractivity contribution in [1.29, 1.82) is 0 Å². The number of aromatic nitrogens is 1. The van der Waals surface area contributed by atoms with Crippen molar-refractivity contribution < 1.29 is 18.8 Å². The molecule has 0 saturated heterocycles. The van der Waals surface area contributed by atoms with Crippen LogP contribution in [0, 0.1) is 0 Å². The lowest BCUT2D eigenvalue weighted by molar-refractivity contribution is 0.0391. The van der Waals surface area contributed by atoms with Gasteiger partial charge in [0.15, 0.2) is 5.69 Å². The van der Waals surface area contributed by atoms with Crippen LogP contribution in [0.4, 0.5) is 0 Å². The molecule has 0 amide bonds. The van der Waals surface area contributed by atoms with Crippen LogP contribution in [0.3, 0.4) is 0 Å². The van der Waals surface area contributed by atoms with Crippen molar-refractivity contribution in [3.05, 3.63) is 53.9 Å². The summed E-state index contributed by atoms with van der Waals surface area (Å²) in [5, 5.41) is 3.36. The van der Waals surface area contributed by atoms with Crippen molar-refractivity contribution in [2.75, 3.05) is 0 Å². The molecule has 1 aromatic heterocycles. The minimum Gasteiger partial charge on any atom is -0.384 e. The molecule has 0 unspecified atom stereocenters. The predicted octanol–water partition coefficient (Wildman–Crippen LogP) is 1.67. The smallest absolute Gasteiger partial charge is 0.368 e. The van der Waals surface area contributed by atoms with E-state index in [9.17, 15) is 9.59 Å². The molecule has 80 valence electrons. The Labute approximate surface area is 90.6 Å². The van der Waals surface area contributed by atoms with E-state index in [1.165, 1.54) is 12.3 Å². The maximum absolute atomic E-state index is 11.4. The second kappa shape index (κ2) is 4.39. The van der Waals surface area contributed by atoms with Crippen LogP contribution >= 0.6 is 0 Å². The fourth-order valence-corrected chi connectivity index (χ4v) is 1.09. The molecule has 1 aromatic carbocycles. The lowest BCUT2D eigenvalue weighted by atomic mass is 10.2. The average molecular weight is 217 g/mol. The van der Waals surface area contributed by atoms with Crippen LogP contribution in [0.15, 0.2) is 47.2 Å². The van der Waals surface area contributed by atoms with E-state index < -0.39 is 11.9 Å². The zero-order valence-electron chi connectivity index (χ0n) is 8.12. The predicted molar refractivity (Wildman–Crippen MR) is 52.7 cm³/mol. The van der Waals surface area contributed by atoms with Gasteiger partial charge in [-0.2, -0.15) is 0 Å². The molecule has 0 spiro atoms. The number of esters is 2. The average Bonchev–Trinajstić information content (AvgIpc) is 2.83. The normalized spacial score (nSPS) is 9.75. The van der Waals surface area contributed by atoms with Crippen LogP contribution in [0.25, 0.3) is 0 Å². The number of benzene rings is 1. The van der Waals surface area contributed by atoms with Crippen LogP contribution in [-0.4, -0.2) is 17.1 Å². The first-order chi connectivity index (χ1) is 7.77. The summed E-state index contributed by atoms with van der Waals surface area (Å²) in [7, 11) is 0. The Hall–Kier alpha value is -2.43. The molecule has 2 aromatic rings. The maximum Gasteiger partial charge on any atom is 0.368 e. The maximum atomic E-state index is 11.4. The van der Waals surface area contributed by atoms with Crippen molar-refractivity contribution in [2.24, 2.45) is 0 Å². The van der Waals surface area contributed by atoms with Crippen LogP contribution in [0.5, 0.6) is 0 Å². The van der Waals surface area contributed by atoms with Gasteiger partial charge in [-0.1, -0.05) is 23.4 Å². The topological polar surface area (TPSA) is 69.4 Å². The molecule has 5 heteroatoms. The lowest BCUT2D eigenvalue weighted by Gasteiger charge is -1.99. The molecule has 0 bridgehead atoms. The van der Waals surface area contributed by atoms with Gasteiger partial charge in [0.1, 0.15) is 6.26 Å². The van der Waals surface area contributed by atoms with Crippen molar-refractivity contribution in [3.8, 4) is 0 Å². The van der Waals surface area contributed by atoms with E-state index >= 15 is 0 Å². The fraction of sp³-hybridized carbons (Fsp3) is 0. The molecule has 0 aliphatic rings. The summed E-state index contributed by atoms with van der Waals surface area (Å²) in [6.45, 7) is 0. The summed E-state index contributed by atoms with van der Waals surface area (Å²) >= 11 is 0. The minimum atomic E-state index is -0.831. The third kappa shape index (κ3) is 2.14. The molecule has 16 heavy (non-hydrogen) atoms. The van der Waals surface area contributed by atoms with E-state index in [1.807, 2.05) is 0 Å². The van der Waals surface area contributed by atoms with Gasteiger partial charge in [-0.05, 0) is 12.1 Å². The molecule has 1 heterocycles. The molecule has 0 aliphatic heterocycles. The summed E-state index contributed by atoms with van der Waals surface area (Å²) in [4.78, 5) is 22.8. The Morgan fingerprint density at radius 3 is 2.44 bits per heavy atom. The molecule has 0 aliphatic carbocycles. The Morgan fingerprint density at radius 1 is 1.06 bits per heavy atom. The molecule has 0 saturated carbocycles. The highest BCUT2D eigenvalue weighted by molar-refractivity contribution is 6.01. The second-order valence-corrected chi connectivity index (χ2v) is 2.93. The second-order valence-electron chi connectivity index (χ2n) is 2.93. The Kier molecular flexibility index (Phi) is 2.77. The largest absolute Gasteiger partial charge is 0.384 e. The van der Waals surface area contributed by atoms with E-state index in [4.69, 9.17) is 0 Å². The zero-order valence-corrected chi connectivity index (χ0v) is 8.12. The van der Waals surface area contributed by atoms with Crippen LogP contribution < -0.4 is 0 Å². The van der Waals surface area contributed by atoms with Gasteiger partial charge in [-0.3, -0.25) is 0 Å². The van der Waals surface area contributed by atoms with E-state index in [2.05, 4.69) is 14.4 Å². The van der Waals surface area contributed by atoms with E-state index in [0.717, 1.165) is 0 Å². The standard InChI is InChI=1S/C11H7NO4/c13-10(8-4-2-1-3-5-8)16-11(14)9-6-7-15-12-9/h1-7H. The molecular formula is C11H7NO4. The highest BCUT2D eigenvalue weighted by Crippen LogP contribution is 2.04. The number of hydrogen-bond acceptors (Lipinski definition) is 5. The van der Waals surface area contributed by atoms with Crippen molar-refractivity contribution in [2.45, 2.75) is 0 Å². The van der Waals surface area contributed by atoms with Crippen LogP contribution in [0.2, 0.25) is 0 Å². The van der Waals surface area contributed by atoms with Crippen molar-refractivity contribution in [3.63, 3.8) is 0 Å². The molecule has 0 N–H and O–H groups in total. The first-order valence-corrected chi connectivity index (χ1v) is 4.49. The van der Waals surface area contributed by atoms with E-state index in [0.29, 0.717) is 5.56 Å². The first kappa shape index (κ1) is 10.1. The van der Waals surface area contributed by atoms with Gasteiger partial charge in [-0.15, -0.1) is 0 Å². The van der Waals surface area contributed by atoms with Crippen molar-refractivity contribution >= 4 is 11.9 Å². The molecular weight excluding hydrogens is 210 g/mol. The first-order valence-electron chi connectivity index (χ1n) is 4.49. The molecule has 2 rings (SSSR count). The third-order valence-electron chi connectivity index (χ3n) is 1.84. The van der Waals surface area contributed by atoms with E-state index in [-0.39, 0.29) is 5.69 Å². The summed E-state index contributed by atoms with van der Waals surface area (Å²) < 4.78 is 9.04. The van der Waals surface area contributed by atoms with Gasteiger partial charge in [0.05, 0.1) is 5.56 Å². The number of carbonyl (C=O) groups is 2. The number of nitrogens with zero attached hydrogens (tertiary/aromatic N) is 1. The van der Waals surface area contributed by atoms with Crippen LogP contribution in [-0.2, 0) is 4.74 Å². The number of rotatable bonds is 2. The van der Waals surface area contributed by atoms with Gasteiger partial charge >= 0.3 is 11.9 Å². The SMILES string of the molecule is O=C(OC(=O)c1ccon1)c1ccccc1. The summed E-state index contributed by atoms with van der Waals surface area (Å²) in [5.74, 6) is -1.55. The van der Waals surface area contributed by atoms with Gasteiger partial charge < -0.3 is 9.26 Å².